The molecule has 3 heteroatoms. The van der Waals surface area contributed by atoms with Crippen molar-refractivity contribution in [3.8, 4) is 0 Å². The molecule has 12 heavy (non-hydrogen) atoms. The molecule has 0 saturated heterocycles. The number of nitrogens with two attached hydrogens (primary N) is 1. The van der Waals surface area contributed by atoms with Crippen molar-refractivity contribution in [2.24, 2.45) is 5.73 Å². The van der Waals surface area contributed by atoms with E-state index in [1.165, 1.54) is 5.56 Å². The zero-order chi connectivity index (χ0) is 7.68. The smallest absolute Gasteiger partial charge is 0.0938 e. The van der Waals surface area contributed by atoms with E-state index < -0.39 is 0 Å². The Kier molecular flexibility index (Phi) is 2.74. The Hall–Kier alpha value is -0.990. The van der Waals surface area contributed by atoms with Crippen molar-refractivity contribution in [2.45, 2.75) is 6.17 Å². The maximum absolute atomic E-state index is 5.65. The quantitative estimate of drug-likeness (QED) is 0.643. The van der Waals surface area contributed by atoms with Gasteiger partial charge in [-0.1, -0.05) is 24.3 Å². The van der Waals surface area contributed by atoms with E-state index in [0.717, 1.165) is 5.69 Å². The van der Waals surface area contributed by atoms with Gasteiger partial charge in [-0.15, -0.1) is 12.4 Å². The highest BCUT2D eigenvalue weighted by atomic mass is 35.5. The van der Waals surface area contributed by atoms with E-state index in [-0.39, 0.29) is 18.6 Å². The summed E-state index contributed by atoms with van der Waals surface area (Å²) in [6, 6.07) is 8.10. The first kappa shape index (κ1) is 9.10. The van der Waals surface area contributed by atoms with Gasteiger partial charge in [-0.3, -0.25) is 0 Å². The minimum atomic E-state index is -0.0371. The molecule has 2 rings (SSSR count). The van der Waals surface area contributed by atoms with Crippen LogP contribution in [0.5, 0.6) is 0 Å². The van der Waals surface area contributed by atoms with Crippen LogP contribution in [0.15, 0.2) is 30.3 Å². The molecule has 1 heterocycles. The second-order valence-electron chi connectivity index (χ2n) is 2.62. The van der Waals surface area contributed by atoms with Crippen molar-refractivity contribution in [1.29, 1.82) is 0 Å². The van der Waals surface area contributed by atoms with Crippen molar-refractivity contribution in [3.63, 3.8) is 0 Å². The number of nitrogens with one attached hydrogen (secondary N) is 1. The summed E-state index contributed by atoms with van der Waals surface area (Å²) in [6.07, 6.45) is 3.95. The van der Waals surface area contributed by atoms with Crippen LogP contribution in [0.3, 0.4) is 0 Å². The van der Waals surface area contributed by atoms with Crippen LogP contribution in [0.1, 0.15) is 5.56 Å². The summed E-state index contributed by atoms with van der Waals surface area (Å²) in [5, 5.41) is 3.15. The van der Waals surface area contributed by atoms with Crippen molar-refractivity contribution >= 4 is 24.2 Å². The zero-order valence-corrected chi connectivity index (χ0v) is 7.34. The fraction of sp³-hybridized carbons (Fsp3) is 0.111. The van der Waals surface area contributed by atoms with Crippen LogP contribution in [-0.4, -0.2) is 6.17 Å². The number of hydrogen-bond acceptors (Lipinski definition) is 2. The van der Waals surface area contributed by atoms with Crippen molar-refractivity contribution in [1.82, 2.24) is 0 Å². The number of anilines is 1. The molecule has 0 spiro atoms. The second kappa shape index (κ2) is 3.61. The lowest BCUT2D eigenvalue weighted by Gasteiger charge is -2.17. The van der Waals surface area contributed by atoms with E-state index >= 15 is 0 Å². The molecule has 0 aliphatic carbocycles. The normalized spacial score (nSPS) is 18.9. The fourth-order valence-corrected chi connectivity index (χ4v) is 1.21. The summed E-state index contributed by atoms with van der Waals surface area (Å²) in [5.74, 6) is 0. The molecule has 0 fully saturated rings. The van der Waals surface area contributed by atoms with Crippen LogP contribution in [0, 0.1) is 0 Å². The van der Waals surface area contributed by atoms with E-state index in [1.807, 2.05) is 30.4 Å². The third-order valence-electron chi connectivity index (χ3n) is 1.77. The molecule has 1 atom stereocenters. The van der Waals surface area contributed by atoms with E-state index in [1.54, 1.807) is 0 Å². The fourth-order valence-electron chi connectivity index (χ4n) is 1.21. The molecule has 0 saturated carbocycles. The first-order chi connectivity index (χ1) is 5.36. The minimum Gasteiger partial charge on any atom is -0.366 e. The van der Waals surface area contributed by atoms with Gasteiger partial charge in [-0.05, 0) is 17.7 Å². The van der Waals surface area contributed by atoms with Gasteiger partial charge in [0, 0.05) is 5.69 Å². The standard InChI is InChI=1S/C9H10N2.ClH/c10-9-6-5-7-3-1-2-4-8(7)11-9;/h1-6,9,11H,10H2;1H. The molecule has 3 N–H and O–H groups in total. The molecule has 1 aliphatic heterocycles. The predicted molar refractivity (Wildman–Crippen MR) is 54.3 cm³/mol. The molecular weight excluding hydrogens is 172 g/mol. The number of fused-ring (bicyclic) bond motifs is 1. The summed E-state index contributed by atoms with van der Waals surface area (Å²) >= 11 is 0. The summed E-state index contributed by atoms with van der Waals surface area (Å²) in [7, 11) is 0. The predicted octanol–water partition coefficient (Wildman–Crippen LogP) is 1.83. The maximum Gasteiger partial charge on any atom is 0.0938 e. The lowest BCUT2D eigenvalue weighted by atomic mass is 10.1. The van der Waals surface area contributed by atoms with Crippen molar-refractivity contribution in [2.75, 3.05) is 5.32 Å². The molecule has 0 radical (unpaired) electrons. The summed E-state index contributed by atoms with van der Waals surface area (Å²) in [6.45, 7) is 0. The van der Waals surface area contributed by atoms with Crippen LogP contribution in [0.25, 0.3) is 6.08 Å². The first-order valence-corrected chi connectivity index (χ1v) is 3.65. The Bertz CT molecular complexity index is 296. The number of benzene rings is 1. The summed E-state index contributed by atoms with van der Waals surface area (Å²) in [5.41, 5.74) is 7.97. The molecule has 0 aromatic heterocycles. The minimum absolute atomic E-state index is 0. The number of hydrogen-bond donors (Lipinski definition) is 2. The molecule has 1 aromatic rings. The number of rotatable bonds is 0. The van der Waals surface area contributed by atoms with Gasteiger partial charge in [0.2, 0.25) is 0 Å². The van der Waals surface area contributed by atoms with Gasteiger partial charge in [0.1, 0.15) is 0 Å². The largest absolute Gasteiger partial charge is 0.366 e. The van der Waals surface area contributed by atoms with Gasteiger partial charge < -0.3 is 11.1 Å². The van der Waals surface area contributed by atoms with Crippen LogP contribution in [-0.2, 0) is 0 Å². The van der Waals surface area contributed by atoms with Crippen molar-refractivity contribution in [3.05, 3.63) is 35.9 Å². The van der Waals surface area contributed by atoms with Gasteiger partial charge in [0.05, 0.1) is 6.17 Å². The Morgan fingerprint density at radius 3 is 2.83 bits per heavy atom. The third kappa shape index (κ3) is 1.60. The zero-order valence-electron chi connectivity index (χ0n) is 6.53. The highest BCUT2D eigenvalue weighted by Crippen LogP contribution is 2.20. The van der Waals surface area contributed by atoms with Crippen LogP contribution < -0.4 is 11.1 Å². The van der Waals surface area contributed by atoms with E-state index in [0.29, 0.717) is 0 Å². The SMILES string of the molecule is Cl.NC1C=Cc2ccccc2N1. The average molecular weight is 183 g/mol. The lowest BCUT2D eigenvalue weighted by molar-refractivity contribution is 0.938. The molecule has 1 aromatic carbocycles. The lowest BCUT2D eigenvalue weighted by Crippen LogP contribution is -2.28. The van der Waals surface area contributed by atoms with E-state index in [4.69, 9.17) is 5.73 Å². The first-order valence-electron chi connectivity index (χ1n) is 3.65. The monoisotopic (exact) mass is 182 g/mol. The summed E-state index contributed by atoms with van der Waals surface area (Å²) in [4.78, 5) is 0. The highest BCUT2D eigenvalue weighted by Gasteiger charge is 2.05. The Morgan fingerprint density at radius 2 is 2.00 bits per heavy atom. The molecule has 2 nitrogen and oxygen atoms in total. The molecule has 1 unspecified atom stereocenters. The molecule has 1 aliphatic rings. The Morgan fingerprint density at radius 1 is 1.25 bits per heavy atom. The second-order valence-corrected chi connectivity index (χ2v) is 2.62. The van der Waals surface area contributed by atoms with Gasteiger partial charge >= 0.3 is 0 Å². The number of halogens is 1. The third-order valence-corrected chi connectivity index (χ3v) is 1.77. The van der Waals surface area contributed by atoms with Crippen LogP contribution in [0.2, 0.25) is 0 Å². The van der Waals surface area contributed by atoms with E-state index in [2.05, 4.69) is 11.4 Å². The molecule has 64 valence electrons. The molecule has 0 amide bonds. The Balaban J connectivity index is 0.000000720. The molecular formula is C9H11ClN2. The molecule has 0 bridgehead atoms. The maximum atomic E-state index is 5.65. The van der Waals surface area contributed by atoms with Crippen LogP contribution >= 0.6 is 12.4 Å². The van der Waals surface area contributed by atoms with Crippen molar-refractivity contribution < 1.29 is 0 Å². The average Bonchev–Trinajstić information content (AvgIpc) is 2.04. The number of para-hydroxylation sites is 1. The summed E-state index contributed by atoms with van der Waals surface area (Å²) < 4.78 is 0. The topological polar surface area (TPSA) is 38.0 Å². The van der Waals surface area contributed by atoms with Gasteiger partial charge in [0.15, 0.2) is 0 Å². The van der Waals surface area contributed by atoms with Crippen LogP contribution in [0.4, 0.5) is 5.69 Å². The van der Waals surface area contributed by atoms with Gasteiger partial charge in [-0.25, -0.2) is 0 Å². The van der Waals surface area contributed by atoms with E-state index in [9.17, 15) is 0 Å². The highest BCUT2D eigenvalue weighted by molar-refractivity contribution is 5.85. The van der Waals surface area contributed by atoms with Gasteiger partial charge in [-0.2, -0.15) is 0 Å². The van der Waals surface area contributed by atoms with Gasteiger partial charge in [0.25, 0.3) is 0 Å². The Labute approximate surface area is 77.9 Å².